The number of anilines is 1. The van der Waals surface area contributed by atoms with E-state index < -0.39 is 6.04 Å². The Morgan fingerprint density at radius 2 is 1.88 bits per heavy atom. The fraction of sp³-hybridized carbons (Fsp3) is 0.400. The Morgan fingerprint density at radius 1 is 1.08 bits per heavy atom. The maximum Gasteiger partial charge on any atom is 0.290 e. The van der Waals surface area contributed by atoms with Crippen LogP contribution in [-0.4, -0.2) is 22.8 Å². The van der Waals surface area contributed by atoms with Crippen molar-refractivity contribution >= 4 is 17.5 Å². The molecule has 5 heteroatoms. The molecule has 1 atom stereocenters. The molecule has 1 fully saturated rings. The number of benzene rings is 1. The Labute approximate surface area is 147 Å². The first-order chi connectivity index (χ1) is 12.2. The van der Waals surface area contributed by atoms with Gasteiger partial charge in [-0.15, -0.1) is 0 Å². The minimum atomic E-state index is -0.453. The number of hydrogen-bond donors (Lipinski definition) is 1. The SMILES string of the molecule is O=C1Nc2ccccc2CN(C(=O)c2ccco2)[C@H]1C1CCCCC1. The van der Waals surface area contributed by atoms with Crippen LogP contribution in [0.4, 0.5) is 5.69 Å². The molecule has 2 aromatic rings. The minimum Gasteiger partial charge on any atom is -0.459 e. The predicted octanol–water partition coefficient (Wildman–Crippen LogP) is 3.82. The summed E-state index contributed by atoms with van der Waals surface area (Å²) in [6.07, 6.45) is 6.90. The van der Waals surface area contributed by atoms with Crippen molar-refractivity contribution in [2.45, 2.75) is 44.7 Å². The van der Waals surface area contributed by atoms with E-state index in [1.165, 1.54) is 12.7 Å². The molecule has 0 spiro atoms. The molecule has 1 saturated carbocycles. The Morgan fingerprint density at radius 3 is 2.64 bits per heavy atom. The molecule has 0 bridgehead atoms. The Balaban J connectivity index is 1.73. The molecule has 5 nitrogen and oxygen atoms in total. The Kier molecular flexibility index (Phi) is 4.30. The van der Waals surface area contributed by atoms with Gasteiger partial charge in [-0.2, -0.15) is 0 Å². The van der Waals surface area contributed by atoms with E-state index in [1.54, 1.807) is 17.0 Å². The van der Waals surface area contributed by atoms with Crippen molar-refractivity contribution in [1.82, 2.24) is 4.90 Å². The molecule has 0 unspecified atom stereocenters. The van der Waals surface area contributed by atoms with Gasteiger partial charge in [0.2, 0.25) is 5.91 Å². The number of amides is 2. The average Bonchev–Trinajstić information content (AvgIpc) is 3.12. The standard InChI is InChI=1S/C20H22N2O3/c23-19-18(14-7-2-1-3-8-14)22(20(24)17-11-6-12-25-17)13-15-9-4-5-10-16(15)21-19/h4-6,9-12,14,18H,1-3,7-8,13H2,(H,21,23)/t18-/m0/s1. The third kappa shape index (κ3) is 3.06. The second-order valence-electron chi connectivity index (χ2n) is 6.90. The van der Waals surface area contributed by atoms with Gasteiger partial charge in [-0.3, -0.25) is 9.59 Å². The molecule has 1 aromatic heterocycles. The zero-order valence-corrected chi connectivity index (χ0v) is 14.1. The van der Waals surface area contributed by atoms with Crippen LogP contribution in [0.15, 0.2) is 47.1 Å². The van der Waals surface area contributed by atoms with Gasteiger partial charge in [-0.25, -0.2) is 0 Å². The lowest BCUT2D eigenvalue weighted by Gasteiger charge is -2.35. The van der Waals surface area contributed by atoms with Crippen LogP contribution in [0.25, 0.3) is 0 Å². The molecule has 1 aliphatic heterocycles. The van der Waals surface area contributed by atoms with Crippen LogP contribution in [0, 0.1) is 5.92 Å². The van der Waals surface area contributed by atoms with Crippen molar-refractivity contribution in [3.8, 4) is 0 Å². The molecular formula is C20H22N2O3. The molecule has 1 N–H and O–H groups in total. The van der Waals surface area contributed by atoms with E-state index in [-0.39, 0.29) is 23.5 Å². The number of rotatable bonds is 2. The van der Waals surface area contributed by atoms with E-state index in [0.717, 1.165) is 36.9 Å². The fourth-order valence-electron chi connectivity index (χ4n) is 4.07. The maximum absolute atomic E-state index is 13.1. The molecule has 4 rings (SSSR count). The van der Waals surface area contributed by atoms with E-state index in [2.05, 4.69) is 5.32 Å². The largest absolute Gasteiger partial charge is 0.459 e. The summed E-state index contributed by atoms with van der Waals surface area (Å²) in [5, 5.41) is 3.04. The number of hydrogen-bond acceptors (Lipinski definition) is 3. The summed E-state index contributed by atoms with van der Waals surface area (Å²) in [5.41, 5.74) is 1.75. The highest BCUT2D eigenvalue weighted by atomic mass is 16.3. The van der Waals surface area contributed by atoms with Crippen LogP contribution in [0.1, 0.15) is 48.2 Å². The van der Waals surface area contributed by atoms with Gasteiger partial charge in [0.1, 0.15) is 6.04 Å². The summed E-state index contributed by atoms with van der Waals surface area (Å²) in [7, 11) is 0. The van der Waals surface area contributed by atoms with Gasteiger partial charge in [0, 0.05) is 12.2 Å². The lowest BCUT2D eigenvalue weighted by Crippen LogP contribution is -2.50. The molecule has 2 heterocycles. The van der Waals surface area contributed by atoms with Gasteiger partial charge in [0.05, 0.1) is 6.26 Å². The molecule has 130 valence electrons. The van der Waals surface area contributed by atoms with Crippen LogP contribution in [0.5, 0.6) is 0 Å². The summed E-state index contributed by atoms with van der Waals surface area (Å²) in [6, 6.07) is 10.6. The van der Waals surface area contributed by atoms with E-state index in [4.69, 9.17) is 4.42 Å². The molecule has 2 amide bonds. The number of fused-ring (bicyclic) bond motifs is 1. The van der Waals surface area contributed by atoms with Gasteiger partial charge >= 0.3 is 0 Å². The number of para-hydroxylation sites is 1. The van der Waals surface area contributed by atoms with Gasteiger partial charge in [-0.05, 0) is 42.5 Å². The smallest absolute Gasteiger partial charge is 0.290 e. The monoisotopic (exact) mass is 338 g/mol. The van der Waals surface area contributed by atoms with Crippen molar-refractivity contribution < 1.29 is 14.0 Å². The second-order valence-corrected chi connectivity index (χ2v) is 6.90. The second kappa shape index (κ2) is 6.75. The van der Waals surface area contributed by atoms with Crippen LogP contribution in [0.3, 0.4) is 0 Å². The lowest BCUT2D eigenvalue weighted by molar-refractivity contribution is -0.122. The first-order valence-corrected chi connectivity index (χ1v) is 8.97. The normalized spacial score (nSPS) is 21.4. The topological polar surface area (TPSA) is 62.6 Å². The average molecular weight is 338 g/mol. The Hall–Kier alpha value is -2.56. The first-order valence-electron chi connectivity index (χ1n) is 8.97. The summed E-state index contributed by atoms with van der Waals surface area (Å²) in [5.74, 6) is 0.180. The third-order valence-corrected chi connectivity index (χ3v) is 5.31. The molecule has 0 radical (unpaired) electrons. The molecule has 1 aliphatic carbocycles. The molecule has 2 aliphatic rings. The highest BCUT2D eigenvalue weighted by Crippen LogP contribution is 2.34. The first kappa shape index (κ1) is 15.9. The van der Waals surface area contributed by atoms with Gasteiger partial charge in [0.25, 0.3) is 5.91 Å². The predicted molar refractivity (Wildman–Crippen MR) is 94.0 cm³/mol. The number of nitrogens with zero attached hydrogens (tertiary/aromatic N) is 1. The lowest BCUT2D eigenvalue weighted by atomic mass is 9.82. The van der Waals surface area contributed by atoms with Crippen molar-refractivity contribution in [2.24, 2.45) is 5.92 Å². The molecule has 0 saturated heterocycles. The summed E-state index contributed by atoms with van der Waals surface area (Å²) in [6.45, 7) is 0.412. The van der Waals surface area contributed by atoms with Crippen molar-refractivity contribution in [2.75, 3.05) is 5.32 Å². The van der Waals surface area contributed by atoms with Gasteiger partial charge < -0.3 is 14.6 Å². The third-order valence-electron chi connectivity index (χ3n) is 5.31. The Bertz CT molecular complexity index is 763. The number of furan rings is 1. The van der Waals surface area contributed by atoms with Crippen LogP contribution in [-0.2, 0) is 11.3 Å². The molecular weight excluding hydrogens is 316 g/mol. The van der Waals surface area contributed by atoms with Crippen LogP contribution < -0.4 is 5.32 Å². The number of carbonyl (C=O) groups is 2. The van der Waals surface area contributed by atoms with Crippen molar-refractivity contribution in [3.05, 3.63) is 54.0 Å². The summed E-state index contributed by atoms with van der Waals surface area (Å²) < 4.78 is 5.33. The van der Waals surface area contributed by atoms with E-state index >= 15 is 0 Å². The zero-order chi connectivity index (χ0) is 17.2. The quantitative estimate of drug-likeness (QED) is 0.905. The van der Waals surface area contributed by atoms with Gasteiger partial charge in [0.15, 0.2) is 5.76 Å². The zero-order valence-electron chi connectivity index (χ0n) is 14.1. The van der Waals surface area contributed by atoms with E-state index in [0.29, 0.717) is 6.54 Å². The van der Waals surface area contributed by atoms with Crippen molar-refractivity contribution in [3.63, 3.8) is 0 Å². The van der Waals surface area contributed by atoms with E-state index in [1.807, 2.05) is 24.3 Å². The van der Waals surface area contributed by atoms with Crippen LogP contribution >= 0.6 is 0 Å². The molecule has 1 aromatic carbocycles. The van der Waals surface area contributed by atoms with Crippen molar-refractivity contribution in [1.29, 1.82) is 0 Å². The number of carbonyl (C=O) groups excluding carboxylic acids is 2. The van der Waals surface area contributed by atoms with E-state index in [9.17, 15) is 9.59 Å². The number of nitrogens with one attached hydrogen (secondary N) is 1. The maximum atomic E-state index is 13.1. The minimum absolute atomic E-state index is 0.0863. The highest BCUT2D eigenvalue weighted by molar-refractivity contribution is 6.01. The van der Waals surface area contributed by atoms with Gasteiger partial charge in [-0.1, -0.05) is 37.5 Å². The molecule has 25 heavy (non-hydrogen) atoms. The van der Waals surface area contributed by atoms with Crippen LogP contribution in [0.2, 0.25) is 0 Å². The fourth-order valence-corrected chi connectivity index (χ4v) is 4.07. The highest BCUT2D eigenvalue weighted by Gasteiger charge is 2.40. The summed E-state index contributed by atoms with van der Waals surface area (Å²) in [4.78, 5) is 27.8. The summed E-state index contributed by atoms with van der Waals surface area (Å²) >= 11 is 0.